The van der Waals surface area contributed by atoms with Crippen molar-refractivity contribution in [1.29, 1.82) is 0 Å². The van der Waals surface area contributed by atoms with Gasteiger partial charge in [-0.15, -0.1) is 0 Å². The number of carbonyl (C=O) groups is 1. The number of anilines is 3. The number of nitrogens with one attached hydrogen (secondary N) is 1. The van der Waals surface area contributed by atoms with Crippen LogP contribution in [0, 0.1) is 3.57 Å². The molecule has 0 aliphatic rings. The van der Waals surface area contributed by atoms with Gasteiger partial charge in [-0.2, -0.15) is 0 Å². The fourth-order valence-corrected chi connectivity index (χ4v) is 1.76. The molecular weight excluding hydrogens is 281 g/mol. The number of carbonyl (C=O) groups excluding carboxylic acids is 1. The molecule has 0 heterocycles. The van der Waals surface area contributed by atoms with Crippen LogP contribution in [0.4, 0.5) is 17.1 Å². The van der Waals surface area contributed by atoms with Crippen molar-refractivity contribution in [1.82, 2.24) is 0 Å². The zero-order valence-corrected chi connectivity index (χ0v) is 9.25. The molecular formula is C8H10IN3O. The number of amides is 1. The molecule has 1 amide bonds. The van der Waals surface area contributed by atoms with Crippen LogP contribution in [0.15, 0.2) is 12.1 Å². The Morgan fingerprint density at radius 3 is 2.54 bits per heavy atom. The van der Waals surface area contributed by atoms with Crippen LogP contribution in [-0.4, -0.2) is 5.91 Å². The lowest BCUT2D eigenvalue weighted by Crippen LogP contribution is -2.10. The van der Waals surface area contributed by atoms with Crippen LogP contribution in [0.25, 0.3) is 0 Å². The smallest absolute Gasteiger partial charge is 0.221 e. The predicted octanol–water partition coefficient (Wildman–Crippen LogP) is 1.41. The molecule has 0 atom stereocenters. The first-order valence-corrected chi connectivity index (χ1v) is 4.70. The second-order valence-corrected chi connectivity index (χ2v) is 3.81. The van der Waals surface area contributed by atoms with E-state index in [1.165, 1.54) is 6.92 Å². The molecule has 0 aromatic heterocycles. The Balaban J connectivity index is 3.13. The molecule has 1 rings (SSSR count). The third kappa shape index (κ3) is 2.48. The summed E-state index contributed by atoms with van der Waals surface area (Å²) in [6, 6.07) is 3.37. The molecule has 0 aliphatic heterocycles. The SMILES string of the molecule is CC(=O)Nc1c(N)cc(N)cc1I. The third-order valence-electron chi connectivity index (χ3n) is 1.44. The lowest BCUT2D eigenvalue weighted by Gasteiger charge is -2.09. The van der Waals surface area contributed by atoms with Gasteiger partial charge < -0.3 is 16.8 Å². The molecule has 0 saturated heterocycles. The van der Waals surface area contributed by atoms with E-state index in [2.05, 4.69) is 27.9 Å². The Kier molecular flexibility index (Phi) is 2.97. The minimum absolute atomic E-state index is 0.144. The number of nitrogen functional groups attached to an aromatic ring is 2. The Hall–Kier alpha value is -0.980. The minimum atomic E-state index is -0.144. The molecule has 0 saturated carbocycles. The third-order valence-corrected chi connectivity index (χ3v) is 2.29. The molecule has 4 nitrogen and oxygen atoms in total. The van der Waals surface area contributed by atoms with E-state index in [1.54, 1.807) is 12.1 Å². The highest BCUT2D eigenvalue weighted by Crippen LogP contribution is 2.27. The minimum Gasteiger partial charge on any atom is -0.399 e. The normalized spacial score (nSPS) is 9.69. The summed E-state index contributed by atoms with van der Waals surface area (Å²) in [4.78, 5) is 10.8. The van der Waals surface area contributed by atoms with Gasteiger partial charge in [-0.25, -0.2) is 0 Å². The van der Waals surface area contributed by atoms with Crippen LogP contribution < -0.4 is 16.8 Å². The topological polar surface area (TPSA) is 81.1 Å². The Bertz CT molecular complexity index is 328. The zero-order valence-electron chi connectivity index (χ0n) is 7.10. The molecule has 0 unspecified atom stereocenters. The molecule has 1 aromatic carbocycles. The van der Waals surface area contributed by atoms with Crippen molar-refractivity contribution in [3.63, 3.8) is 0 Å². The monoisotopic (exact) mass is 291 g/mol. The highest BCUT2D eigenvalue weighted by atomic mass is 127. The first-order chi connectivity index (χ1) is 6.00. The van der Waals surface area contributed by atoms with E-state index in [-0.39, 0.29) is 5.91 Å². The van der Waals surface area contributed by atoms with Gasteiger partial charge in [0.05, 0.1) is 11.4 Å². The summed E-state index contributed by atoms with van der Waals surface area (Å²) in [6.07, 6.45) is 0. The van der Waals surface area contributed by atoms with Crippen molar-refractivity contribution < 1.29 is 4.79 Å². The van der Waals surface area contributed by atoms with Gasteiger partial charge in [-0.05, 0) is 34.7 Å². The average molecular weight is 291 g/mol. The zero-order chi connectivity index (χ0) is 10.0. The average Bonchev–Trinajstić information content (AvgIpc) is 1.96. The number of benzene rings is 1. The summed E-state index contributed by atoms with van der Waals surface area (Å²) in [5.74, 6) is -0.144. The highest BCUT2D eigenvalue weighted by Gasteiger charge is 2.06. The first-order valence-electron chi connectivity index (χ1n) is 3.63. The van der Waals surface area contributed by atoms with Gasteiger partial charge in [0.25, 0.3) is 0 Å². The van der Waals surface area contributed by atoms with Crippen LogP contribution in [0.2, 0.25) is 0 Å². The van der Waals surface area contributed by atoms with Crippen LogP contribution in [0.5, 0.6) is 0 Å². The van der Waals surface area contributed by atoms with Crippen molar-refractivity contribution in [3.05, 3.63) is 15.7 Å². The van der Waals surface area contributed by atoms with Gasteiger partial charge in [-0.3, -0.25) is 4.79 Å². The van der Waals surface area contributed by atoms with Crippen LogP contribution >= 0.6 is 22.6 Å². The summed E-state index contributed by atoms with van der Waals surface area (Å²) >= 11 is 2.07. The van der Waals surface area contributed by atoms with E-state index in [9.17, 15) is 4.79 Å². The molecule has 13 heavy (non-hydrogen) atoms. The summed E-state index contributed by atoms with van der Waals surface area (Å²) in [5, 5.41) is 2.64. The van der Waals surface area contributed by atoms with Gasteiger partial charge in [0.2, 0.25) is 5.91 Å². The van der Waals surface area contributed by atoms with Gasteiger partial charge in [-0.1, -0.05) is 0 Å². The maximum atomic E-state index is 10.8. The van der Waals surface area contributed by atoms with Crippen LogP contribution in [0.1, 0.15) is 6.92 Å². The summed E-state index contributed by atoms with van der Waals surface area (Å²) in [6.45, 7) is 1.44. The van der Waals surface area contributed by atoms with E-state index in [1.807, 2.05) is 0 Å². The van der Waals surface area contributed by atoms with Crippen molar-refractivity contribution >= 4 is 45.6 Å². The second-order valence-electron chi connectivity index (χ2n) is 2.65. The van der Waals surface area contributed by atoms with E-state index in [0.29, 0.717) is 17.1 Å². The van der Waals surface area contributed by atoms with Crippen molar-refractivity contribution in [3.8, 4) is 0 Å². The molecule has 0 bridgehead atoms. The summed E-state index contributed by atoms with van der Waals surface area (Å²) in [5.41, 5.74) is 12.9. The summed E-state index contributed by atoms with van der Waals surface area (Å²) in [7, 11) is 0. The molecule has 0 radical (unpaired) electrons. The van der Waals surface area contributed by atoms with Crippen molar-refractivity contribution in [2.45, 2.75) is 6.92 Å². The quantitative estimate of drug-likeness (QED) is 0.540. The van der Waals surface area contributed by atoms with Crippen molar-refractivity contribution in [2.75, 3.05) is 16.8 Å². The van der Waals surface area contributed by atoms with Gasteiger partial charge in [0, 0.05) is 16.2 Å². The van der Waals surface area contributed by atoms with Gasteiger partial charge >= 0.3 is 0 Å². The second kappa shape index (κ2) is 3.82. The van der Waals surface area contributed by atoms with E-state index < -0.39 is 0 Å². The highest BCUT2D eigenvalue weighted by molar-refractivity contribution is 14.1. The Labute approximate surface area is 89.8 Å². The van der Waals surface area contributed by atoms with Crippen molar-refractivity contribution in [2.24, 2.45) is 0 Å². The number of halogens is 1. The standard InChI is InChI=1S/C8H10IN3O/c1-4(13)12-8-6(9)2-5(10)3-7(8)11/h2-3H,10-11H2,1H3,(H,12,13). The molecule has 0 spiro atoms. The maximum absolute atomic E-state index is 10.8. The molecule has 1 aromatic rings. The maximum Gasteiger partial charge on any atom is 0.221 e. The lowest BCUT2D eigenvalue weighted by atomic mass is 10.2. The molecule has 5 N–H and O–H groups in total. The predicted molar refractivity (Wildman–Crippen MR) is 62.3 cm³/mol. The molecule has 70 valence electrons. The fourth-order valence-electron chi connectivity index (χ4n) is 0.958. The largest absolute Gasteiger partial charge is 0.399 e. The number of hydrogen-bond acceptors (Lipinski definition) is 3. The van der Waals surface area contributed by atoms with Gasteiger partial charge in [0.15, 0.2) is 0 Å². The van der Waals surface area contributed by atoms with E-state index >= 15 is 0 Å². The van der Waals surface area contributed by atoms with Gasteiger partial charge in [0.1, 0.15) is 0 Å². The first kappa shape index (κ1) is 10.1. The lowest BCUT2D eigenvalue weighted by molar-refractivity contribution is -0.114. The van der Waals surface area contributed by atoms with E-state index in [0.717, 1.165) is 3.57 Å². The molecule has 5 heteroatoms. The number of hydrogen-bond donors (Lipinski definition) is 3. The van der Waals surface area contributed by atoms with E-state index in [4.69, 9.17) is 11.5 Å². The number of rotatable bonds is 1. The Morgan fingerprint density at radius 2 is 2.08 bits per heavy atom. The van der Waals surface area contributed by atoms with Crippen LogP contribution in [-0.2, 0) is 4.79 Å². The number of nitrogens with two attached hydrogens (primary N) is 2. The summed E-state index contributed by atoms with van der Waals surface area (Å²) < 4.78 is 0.838. The molecule has 0 fully saturated rings. The van der Waals surface area contributed by atoms with Crippen LogP contribution in [0.3, 0.4) is 0 Å². The fraction of sp³-hybridized carbons (Fsp3) is 0.125. The molecule has 0 aliphatic carbocycles. The Morgan fingerprint density at radius 1 is 1.46 bits per heavy atom.